The molecule has 4 heteroatoms. The second-order valence-corrected chi connectivity index (χ2v) is 3.64. The molecule has 1 aliphatic rings. The van der Waals surface area contributed by atoms with Crippen LogP contribution < -0.4 is 5.32 Å². The first-order valence-electron chi connectivity index (χ1n) is 4.25. The standard InChI is InChI=1S/C10H8ClNO2/c11-7-1-2-9-6(3-7)4-8(13)5-12-10(9)14/h1-3H,4-5H2,(H,12,14). The third-order valence-corrected chi connectivity index (χ3v) is 2.38. The van der Waals surface area contributed by atoms with Crippen LogP contribution in [0.4, 0.5) is 0 Å². The monoisotopic (exact) mass is 209 g/mol. The lowest BCUT2D eigenvalue weighted by molar-refractivity contribution is -0.117. The zero-order chi connectivity index (χ0) is 10.1. The van der Waals surface area contributed by atoms with Crippen molar-refractivity contribution in [3.63, 3.8) is 0 Å². The summed E-state index contributed by atoms with van der Waals surface area (Å²) in [5.41, 5.74) is 1.25. The summed E-state index contributed by atoms with van der Waals surface area (Å²) in [7, 11) is 0. The second-order valence-electron chi connectivity index (χ2n) is 3.20. The van der Waals surface area contributed by atoms with Gasteiger partial charge in [-0.3, -0.25) is 9.59 Å². The SMILES string of the molecule is O=C1CNC(=O)c2ccc(Cl)cc2C1. The molecule has 0 aliphatic carbocycles. The Kier molecular flexibility index (Phi) is 2.25. The molecule has 3 nitrogen and oxygen atoms in total. The van der Waals surface area contributed by atoms with Crippen molar-refractivity contribution in [2.24, 2.45) is 0 Å². The summed E-state index contributed by atoms with van der Waals surface area (Å²) < 4.78 is 0. The summed E-state index contributed by atoms with van der Waals surface area (Å²) in [5, 5.41) is 3.09. The largest absolute Gasteiger partial charge is 0.345 e. The number of ketones is 1. The van der Waals surface area contributed by atoms with Gasteiger partial charge < -0.3 is 5.32 Å². The third-order valence-electron chi connectivity index (χ3n) is 2.15. The van der Waals surface area contributed by atoms with Crippen LogP contribution in [0.5, 0.6) is 0 Å². The molecule has 1 N–H and O–H groups in total. The molecule has 0 saturated carbocycles. The Hall–Kier alpha value is -1.35. The minimum absolute atomic E-state index is 0.000586. The quantitative estimate of drug-likeness (QED) is 0.698. The van der Waals surface area contributed by atoms with Gasteiger partial charge in [-0.1, -0.05) is 11.6 Å². The van der Waals surface area contributed by atoms with Crippen LogP contribution in [-0.4, -0.2) is 18.2 Å². The Balaban J connectivity index is 2.52. The summed E-state index contributed by atoms with van der Waals surface area (Å²) in [6, 6.07) is 4.96. The minimum atomic E-state index is -0.206. The second kappa shape index (κ2) is 3.42. The lowest BCUT2D eigenvalue weighted by Crippen LogP contribution is -2.26. The van der Waals surface area contributed by atoms with Crippen molar-refractivity contribution in [3.8, 4) is 0 Å². The van der Waals surface area contributed by atoms with Crippen LogP contribution in [0.15, 0.2) is 18.2 Å². The molecule has 1 aromatic carbocycles. The molecule has 1 heterocycles. The van der Waals surface area contributed by atoms with E-state index in [-0.39, 0.29) is 24.7 Å². The van der Waals surface area contributed by atoms with Crippen molar-refractivity contribution >= 4 is 23.3 Å². The number of halogens is 1. The van der Waals surface area contributed by atoms with Gasteiger partial charge in [0.15, 0.2) is 5.78 Å². The maximum absolute atomic E-state index is 11.5. The molecular formula is C10H8ClNO2. The average Bonchev–Trinajstić information content (AvgIpc) is 2.26. The number of fused-ring (bicyclic) bond motifs is 1. The number of carbonyl (C=O) groups excluding carboxylic acids is 2. The summed E-state index contributed by atoms with van der Waals surface area (Å²) >= 11 is 5.78. The highest BCUT2D eigenvalue weighted by Crippen LogP contribution is 2.18. The summed E-state index contributed by atoms with van der Waals surface area (Å²) in [5.74, 6) is -0.207. The summed E-state index contributed by atoms with van der Waals surface area (Å²) in [6.45, 7) is 0.102. The Labute approximate surface area is 86.1 Å². The molecule has 1 amide bonds. The van der Waals surface area contributed by atoms with Crippen molar-refractivity contribution in [2.45, 2.75) is 6.42 Å². The first kappa shape index (κ1) is 9.21. The highest BCUT2D eigenvalue weighted by Gasteiger charge is 2.18. The number of rotatable bonds is 0. The molecule has 0 radical (unpaired) electrons. The van der Waals surface area contributed by atoms with E-state index in [0.717, 1.165) is 0 Å². The van der Waals surface area contributed by atoms with E-state index in [1.165, 1.54) is 0 Å². The van der Waals surface area contributed by atoms with Gasteiger partial charge >= 0.3 is 0 Å². The minimum Gasteiger partial charge on any atom is -0.345 e. The smallest absolute Gasteiger partial charge is 0.251 e. The predicted octanol–water partition coefficient (Wildman–Crippen LogP) is 1.20. The molecule has 0 atom stereocenters. The average molecular weight is 210 g/mol. The van der Waals surface area contributed by atoms with E-state index in [1.54, 1.807) is 18.2 Å². The first-order valence-corrected chi connectivity index (χ1v) is 4.63. The molecule has 1 aliphatic heterocycles. The van der Waals surface area contributed by atoms with Crippen molar-refractivity contribution in [2.75, 3.05) is 6.54 Å². The molecule has 0 spiro atoms. The molecule has 2 rings (SSSR count). The zero-order valence-corrected chi connectivity index (χ0v) is 8.10. The molecule has 0 unspecified atom stereocenters. The predicted molar refractivity (Wildman–Crippen MR) is 52.5 cm³/mol. The van der Waals surface area contributed by atoms with Crippen molar-refractivity contribution < 1.29 is 9.59 Å². The lowest BCUT2D eigenvalue weighted by Gasteiger charge is -2.02. The van der Waals surface area contributed by atoms with E-state index in [4.69, 9.17) is 11.6 Å². The van der Waals surface area contributed by atoms with Gasteiger partial charge in [0, 0.05) is 17.0 Å². The van der Waals surface area contributed by atoms with Gasteiger partial charge in [-0.25, -0.2) is 0 Å². The normalized spacial score (nSPS) is 15.8. The van der Waals surface area contributed by atoms with Crippen molar-refractivity contribution in [3.05, 3.63) is 34.3 Å². The number of hydrogen-bond donors (Lipinski definition) is 1. The Bertz CT molecular complexity index is 415. The topological polar surface area (TPSA) is 46.2 Å². The van der Waals surface area contributed by atoms with Gasteiger partial charge in [0.1, 0.15) is 0 Å². The Morgan fingerprint density at radius 1 is 1.29 bits per heavy atom. The number of carbonyl (C=O) groups is 2. The fourth-order valence-electron chi connectivity index (χ4n) is 1.48. The van der Waals surface area contributed by atoms with E-state index < -0.39 is 0 Å². The molecule has 0 bridgehead atoms. The fourth-order valence-corrected chi connectivity index (χ4v) is 1.67. The van der Waals surface area contributed by atoms with Crippen LogP contribution in [0, 0.1) is 0 Å². The maximum atomic E-state index is 11.5. The van der Waals surface area contributed by atoms with E-state index >= 15 is 0 Å². The first-order chi connectivity index (χ1) is 6.66. The number of nitrogens with one attached hydrogen (secondary N) is 1. The molecule has 72 valence electrons. The number of hydrogen-bond acceptors (Lipinski definition) is 2. The highest BCUT2D eigenvalue weighted by atomic mass is 35.5. The summed E-state index contributed by atoms with van der Waals surface area (Å²) in [6.07, 6.45) is 0.272. The van der Waals surface area contributed by atoms with Crippen LogP contribution in [0.3, 0.4) is 0 Å². The van der Waals surface area contributed by atoms with E-state index in [2.05, 4.69) is 5.32 Å². The van der Waals surface area contributed by atoms with Crippen LogP contribution in [0.2, 0.25) is 5.02 Å². The van der Waals surface area contributed by atoms with Crippen LogP contribution >= 0.6 is 11.6 Å². The van der Waals surface area contributed by atoms with E-state index in [0.29, 0.717) is 16.1 Å². The summed E-state index contributed by atoms with van der Waals surface area (Å²) in [4.78, 5) is 22.7. The zero-order valence-electron chi connectivity index (χ0n) is 7.34. The Morgan fingerprint density at radius 2 is 2.07 bits per heavy atom. The molecular weight excluding hydrogens is 202 g/mol. The highest BCUT2D eigenvalue weighted by molar-refractivity contribution is 6.30. The number of benzene rings is 1. The molecule has 0 fully saturated rings. The van der Waals surface area contributed by atoms with Gasteiger partial charge in [0.05, 0.1) is 6.54 Å². The van der Waals surface area contributed by atoms with Gasteiger partial charge in [-0.15, -0.1) is 0 Å². The van der Waals surface area contributed by atoms with Crippen molar-refractivity contribution in [1.29, 1.82) is 0 Å². The Morgan fingerprint density at radius 3 is 2.86 bits per heavy atom. The van der Waals surface area contributed by atoms with Gasteiger partial charge in [0.25, 0.3) is 5.91 Å². The number of Topliss-reactive ketones (excluding diaryl/α,β-unsaturated/α-hetero) is 1. The van der Waals surface area contributed by atoms with Crippen molar-refractivity contribution in [1.82, 2.24) is 5.32 Å². The van der Waals surface area contributed by atoms with Crippen LogP contribution in [0.25, 0.3) is 0 Å². The van der Waals surface area contributed by atoms with E-state index in [9.17, 15) is 9.59 Å². The van der Waals surface area contributed by atoms with Gasteiger partial charge in [0.2, 0.25) is 0 Å². The van der Waals surface area contributed by atoms with Gasteiger partial charge in [-0.05, 0) is 23.8 Å². The van der Waals surface area contributed by atoms with Gasteiger partial charge in [-0.2, -0.15) is 0 Å². The molecule has 1 aromatic rings. The third kappa shape index (κ3) is 1.63. The van der Waals surface area contributed by atoms with Crippen LogP contribution in [-0.2, 0) is 11.2 Å². The molecule has 0 saturated heterocycles. The maximum Gasteiger partial charge on any atom is 0.251 e. The number of amides is 1. The van der Waals surface area contributed by atoms with E-state index in [1.807, 2.05) is 0 Å². The molecule has 0 aromatic heterocycles. The fraction of sp³-hybridized carbons (Fsp3) is 0.200. The van der Waals surface area contributed by atoms with Crippen LogP contribution in [0.1, 0.15) is 15.9 Å². The lowest BCUT2D eigenvalue weighted by atomic mass is 10.0. The molecule has 14 heavy (non-hydrogen) atoms.